The van der Waals surface area contributed by atoms with Crippen LogP contribution in [0.15, 0.2) is 35.1 Å². The highest BCUT2D eigenvalue weighted by Gasteiger charge is 2.01. The fourth-order valence-electron chi connectivity index (χ4n) is 1.18. The van der Waals surface area contributed by atoms with Crippen molar-refractivity contribution in [2.45, 2.75) is 0 Å². The lowest BCUT2D eigenvalue weighted by molar-refractivity contribution is 0.943. The average Bonchev–Trinajstić information content (AvgIpc) is 2.38. The number of rotatable bonds is 1. The minimum atomic E-state index is 0.775. The number of hydrogen-bond donors (Lipinski definition) is 3. The van der Waals surface area contributed by atoms with Crippen molar-refractivity contribution in [3.05, 3.63) is 35.5 Å². The van der Waals surface area contributed by atoms with Crippen molar-refractivity contribution in [3.8, 4) is 0 Å². The molecule has 0 amide bonds. The van der Waals surface area contributed by atoms with Gasteiger partial charge < -0.3 is 5.43 Å². The number of nitrogens with zero attached hydrogens (tertiary/aromatic N) is 1. The molecule has 1 aliphatic rings. The second-order valence-electron chi connectivity index (χ2n) is 2.70. The predicted octanol–water partition coefficient (Wildman–Crippen LogP) is 0.902. The van der Waals surface area contributed by atoms with Gasteiger partial charge in [-0.3, -0.25) is 11.3 Å². The minimum absolute atomic E-state index is 0.775. The van der Waals surface area contributed by atoms with Gasteiger partial charge in [-0.25, -0.2) is 0 Å². The molecule has 4 N–H and O–H groups in total. The number of fused-ring (bicyclic) bond motifs is 1. The number of hydrazone groups is 1. The Morgan fingerprint density at radius 3 is 3.00 bits per heavy atom. The maximum Gasteiger partial charge on any atom is 0.0717 e. The van der Waals surface area contributed by atoms with Crippen LogP contribution in [-0.4, -0.2) is 6.21 Å². The van der Waals surface area contributed by atoms with Crippen LogP contribution in [0.25, 0.3) is 6.08 Å². The zero-order valence-electron chi connectivity index (χ0n) is 6.99. The van der Waals surface area contributed by atoms with E-state index in [1.165, 1.54) is 0 Å². The van der Waals surface area contributed by atoms with E-state index in [9.17, 15) is 0 Å². The molecule has 2 rings (SSSR count). The molecule has 0 aliphatic carbocycles. The van der Waals surface area contributed by atoms with Gasteiger partial charge in [-0.2, -0.15) is 5.10 Å². The highest BCUT2D eigenvalue weighted by Crippen LogP contribution is 2.18. The van der Waals surface area contributed by atoms with Crippen LogP contribution in [0, 0.1) is 0 Å². The summed E-state index contributed by atoms with van der Waals surface area (Å²) in [4.78, 5) is 0. The Hall–Kier alpha value is -1.81. The molecule has 4 heteroatoms. The molecule has 0 fully saturated rings. The highest BCUT2D eigenvalue weighted by molar-refractivity contribution is 5.89. The van der Waals surface area contributed by atoms with E-state index < -0.39 is 0 Å². The quantitative estimate of drug-likeness (QED) is 0.438. The summed E-state index contributed by atoms with van der Waals surface area (Å²) in [6.07, 6.45) is 3.57. The number of hydrogen-bond acceptors (Lipinski definition) is 4. The van der Waals surface area contributed by atoms with Gasteiger partial charge in [0.1, 0.15) is 0 Å². The first-order valence-corrected chi connectivity index (χ1v) is 3.96. The van der Waals surface area contributed by atoms with E-state index in [-0.39, 0.29) is 0 Å². The van der Waals surface area contributed by atoms with E-state index in [1.807, 2.05) is 30.3 Å². The maximum absolute atomic E-state index is 5.29. The lowest BCUT2D eigenvalue weighted by Crippen LogP contribution is -2.21. The minimum Gasteiger partial charge on any atom is -0.323 e. The number of nitrogens with one attached hydrogen (secondary N) is 2. The number of para-hydroxylation sites is 1. The first kappa shape index (κ1) is 7.82. The zero-order valence-corrected chi connectivity index (χ0v) is 6.99. The Balaban J connectivity index is 2.47. The average molecular weight is 174 g/mol. The van der Waals surface area contributed by atoms with E-state index in [0.717, 1.165) is 16.9 Å². The normalized spacial score (nSPS) is 13.8. The van der Waals surface area contributed by atoms with Gasteiger partial charge in [0.25, 0.3) is 0 Å². The van der Waals surface area contributed by atoms with Crippen molar-refractivity contribution in [2.75, 3.05) is 5.43 Å². The lowest BCUT2D eigenvalue weighted by atomic mass is 10.1. The Bertz CT molecular complexity index is 368. The molecule has 1 aromatic rings. The fraction of sp³-hybridized carbons (Fsp3) is 0. The molecule has 1 heterocycles. The van der Waals surface area contributed by atoms with Crippen LogP contribution in [0.4, 0.5) is 5.69 Å². The van der Waals surface area contributed by atoms with Crippen LogP contribution in [0.3, 0.4) is 0 Å². The van der Waals surface area contributed by atoms with Gasteiger partial charge in [-0.05, 0) is 12.1 Å². The van der Waals surface area contributed by atoms with Crippen LogP contribution >= 0.6 is 0 Å². The van der Waals surface area contributed by atoms with Crippen molar-refractivity contribution >= 4 is 18.0 Å². The molecule has 4 nitrogen and oxygen atoms in total. The molecule has 66 valence electrons. The number of anilines is 1. The van der Waals surface area contributed by atoms with Crippen LogP contribution in [-0.2, 0) is 0 Å². The van der Waals surface area contributed by atoms with Gasteiger partial charge in [-0.1, -0.05) is 18.2 Å². The highest BCUT2D eigenvalue weighted by atomic mass is 15.3. The third kappa shape index (κ3) is 1.52. The molecule has 13 heavy (non-hydrogen) atoms. The van der Waals surface area contributed by atoms with Gasteiger partial charge >= 0.3 is 0 Å². The van der Waals surface area contributed by atoms with Crippen LogP contribution in [0.1, 0.15) is 5.56 Å². The van der Waals surface area contributed by atoms with Crippen LogP contribution in [0.2, 0.25) is 0 Å². The first-order chi connectivity index (χ1) is 6.40. The Morgan fingerprint density at radius 1 is 1.31 bits per heavy atom. The smallest absolute Gasteiger partial charge is 0.0717 e. The number of nitrogens with two attached hydrogens (primary N) is 1. The summed E-state index contributed by atoms with van der Waals surface area (Å²) in [5, 5.41) is 3.98. The third-order valence-corrected chi connectivity index (χ3v) is 1.83. The van der Waals surface area contributed by atoms with Gasteiger partial charge in [0.05, 0.1) is 17.6 Å². The standard InChI is InChI=1S/C9H10N4/c10-12-8-5-7-3-1-2-4-9(7)13-11-6-8/h1-6,12-13H,10H2. The molecule has 1 aromatic carbocycles. The molecular weight excluding hydrogens is 164 g/mol. The molecule has 1 aliphatic heterocycles. The second-order valence-corrected chi connectivity index (χ2v) is 2.70. The topological polar surface area (TPSA) is 62.4 Å². The molecule has 0 saturated heterocycles. The second kappa shape index (κ2) is 3.28. The SMILES string of the molecule is NNC1=Cc2ccccc2NN=C1. The van der Waals surface area contributed by atoms with Crippen LogP contribution < -0.4 is 16.7 Å². The monoisotopic (exact) mass is 174 g/mol. The number of hydrazine groups is 1. The molecule has 0 atom stereocenters. The van der Waals surface area contributed by atoms with E-state index in [0.29, 0.717) is 0 Å². The molecular formula is C9H10N4. The van der Waals surface area contributed by atoms with E-state index in [2.05, 4.69) is 16.0 Å². The largest absolute Gasteiger partial charge is 0.323 e. The Labute approximate surface area is 76.1 Å². The number of benzene rings is 1. The molecule has 0 bridgehead atoms. The fourth-order valence-corrected chi connectivity index (χ4v) is 1.18. The van der Waals surface area contributed by atoms with Crippen molar-refractivity contribution in [3.63, 3.8) is 0 Å². The maximum atomic E-state index is 5.29. The third-order valence-electron chi connectivity index (χ3n) is 1.83. The Morgan fingerprint density at radius 2 is 2.15 bits per heavy atom. The van der Waals surface area contributed by atoms with Gasteiger partial charge in [0, 0.05) is 5.56 Å². The van der Waals surface area contributed by atoms with E-state index >= 15 is 0 Å². The molecule has 0 saturated carbocycles. The molecule has 0 aromatic heterocycles. The van der Waals surface area contributed by atoms with Gasteiger partial charge in [0.2, 0.25) is 0 Å². The van der Waals surface area contributed by atoms with Gasteiger partial charge in [0.15, 0.2) is 0 Å². The molecule has 0 radical (unpaired) electrons. The summed E-state index contributed by atoms with van der Waals surface area (Å²) in [6, 6.07) is 7.88. The summed E-state index contributed by atoms with van der Waals surface area (Å²) in [7, 11) is 0. The lowest BCUT2D eigenvalue weighted by Gasteiger charge is -2.01. The van der Waals surface area contributed by atoms with Crippen molar-refractivity contribution in [1.82, 2.24) is 5.43 Å². The van der Waals surface area contributed by atoms with E-state index in [4.69, 9.17) is 5.84 Å². The summed E-state index contributed by atoms with van der Waals surface area (Å²) in [5.74, 6) is 5.29. The van der Waals surface area contributed by atoms with Gasteiger partial charge in [-0.15, -0.1) is 0 Å². The summed E-state index contributed by atoms with van der Waals surface area (Å²) < 4.78 is 0. The zero-order chi connectivity index (χ0) is 9.10. The van der Waals surface area contributed by atoms with E-state index in [1.54, 1.807) is 6.21 Å². The number of allylic oxidation sites excluding steroid dienone is 1. The molecule has 0 unspecified atom stereocenters. The Kier molecular flexibility index (Phi) is 1.97. The van der Waals surface area contributed by atoms with Crippen molar-refractivity contribution < 1.29 is 0 Å². The first-order valence-electron chi connectivity index (χ1n) is 3.96. The summed E-state index contributed by atoms with van der Waals surface area (Å²) in [5.41, 5.74) is 8.28. The summed E-state index contributed by atoms with van der Waals surface area (Å²) >= 11 is 0. The molecule has 0 spiro atoms. The van der Waals surface area contributed by atoms with Crippen molar-refractivity contribution in [2.24, 2.45) is 10.9 Å². The summed E-state index contributed by atoms with van der Waals surface area (Å²) in [6.45, 7) is 0. The van der Waals surface area contributed by atoms with Crippen LogP contribution in [0.5, 0.6) is 0 Å². The predicted molar refractivity (Wildman–Crippen MR) is 53.9 cm³/mol. The van der Waals surface area contributed by atoms with Crippen molar-refractivity contribution in [1.29, 1.82) is 0 Å².